The molecule has 2 unspecified atom stereocenters. The number of amides is 1. The van der Waals surface area contributed by atoms with Gasteiger partial charge in [0.05, 0.1) is 18.8 Å². The monoisotopic (exact) mass is 253 g/mol. The molecular weight excluding hydrogens is 230 g/mol. The lowest BCUT2D eigenvalue weighted by atomic mass is 9.88. The molecule has 1 amide bonds. The van der Waals surface area contributed by atoms with Crippen LogP contribution in [0.25, 0.3) is 0 Å². The second-order valence-corrected chi connectivity index (χ2v) is 4.89. The minimum Gasteiger partial charge on any atom is -0.374 e. The van der Waals surface area contributed by atoms with Gasteiger partial charge in [0.2, 0.25) is 5.91 Å². The van der Waals surface area contributed by atoms with Gasteiger partial charge in [-0.15, -0.1) is 0 Å². The highest BCUT2D eigenvalue weighted by atomic mass is 16.5. The molecule has 18 heavy (non-hydrogen) atoms. The minimum absolute atomic E-state index is 0.0300. The van der Waals surface area contributed by atoms with Crippen molar-refractivity contribution in [2.75, 3.05) is 32.8 Å². The lowest BCUT2D eigenvalue weighted by Crippen LogP contribution is -2.49. The summed E-state index contributed by atoms with van der Waals surface area (Å²) in [6, 6.07) is 2.07. The zero-order valence-electron chi connectivity index (χ0n) is 11.5. The summed E-state index contributed by atoms with van der Waals surface area (Å²) in [4.78, 5) is 14.2. The number of hydrogen-bond donors (Lipinski definition) is 1. The van der Waals surface area contributed by atoms with Crippen LogP contribution in [0.4, 0.5) is 0 Å². The molecular formula is C13H23N3O2. The van der Waals surface area contributed by atoms with Crippen LogP contribution in [0.2, 0.25) is 0 Å². The molecule has 0 aliphatic carbocycles. The molecule has 102 valence electrons. The molecule has 5 nitrogen and oxygen atoms in total. The van der Waals surface area contributed by atoms with Crippen molar-refractivity contribution in [3.8, 4) is 6.07 Å². The SMILES string of the molecule is CCN1CCOC(CNC(=O)C(C)(C#N)CC)C1. The van der Waals surface area contributed by atoms with Crippen molar-refractivity contribution in [2.45, 2.75) is 33.3 Å². The number of carbonyl (C=O) groups is 1. The van der Waals surface area contributed by atoms with E-state index in [2.05, 4.69) is 23.2 Å². The first-order chi connectivity index (χ1) is 8.55. The average Bonchev–Trinajstić information content (AvgIpc) is 2.43. The Morgan fingerprint density at radius 2 is 2.33 bits per heavy atom. The van der Waals surface area contributed by atoms with Crippen molar-refractivity contribution >= 4 is 5.91 Å². The van der Waals surface area contributed by atoms with Crippen molar-refractivity contribution < 1.29 is 9.53 Å². The van der Waals surface area contributed by atoms with E-state index in [0.717, 1.165) is 19.6 Å². The molecule has 2 atom stereocenters. The number of nitrogens with one attached hydrogen (secondary N) is 1. The van der Waals surface area contributed by atoms with E-state index >= 15 is 0 Å². The fraction of sp³-hybridized carbons (Fsp3) is 0.846. The maximum atomic E-state index is 11.9. The first-order valence-electron chi connectivity index (χ1n) is 6.59. The molecule has 1 rings (SSSR count). The van der Waals surface area contributed by atoms with Crippen molar-refractivity contribution in [3.05, 3.63) is 0 Å². The van der Waals surface area contributed by atoms with Gasteiger partial charge in [0, 0.05) is 19.6 Å². The van der Waals surface area contributed by atoms with E-state index < -0.39 is 5.41 Å². The maximum absolute atomic E-state index is 11.9. The van der Waals surface area contributed by atoms with Crippen molar-refractivity contribution in [1.29, 1.82) is 5.26 Å². The Labute approximate surface area is 109 Å². The Morgan fingerprint density at radius 3 is 2.89 bits per heavy atom. The highest BCUT2D eigenvalue weighted by Crippen LogP contribution is 2.19. The lowest BCUT2D eigenvalue weighted by Gasteiger charge is -2.32. The molecule has 1 saturated heterocycles. The second kappa shape index (κ2) is 6.72. The van der Waals surface area contributed by atoms with Crippen LogP contribution in [-0.4, -0.2) is 49.7 Å². The third-order valence-corrected chi connectivity index (χ3v) is 3.62. The summed E-state index contributed by atoms with van der Waals surface area (Å²) in [6.45, 7) is 9.60. The summed E-state index contributed by atoms with van der Waals surface area (Å²) < 4.78 is 5.60. The summed E-state index contributed by atoms with van der Waals surface area (Å²) in [7, 11) is 0. The molecule has 0 aromatic rings. The van der Waals surface area contributed by atoms with Crippen LogP contribution in [0.5, 0.6) is 0 Å². The van der Waals surface area contributed by atoms with Gasteiger partial charge in [-0.3, -0.25) is 9.69 Å². The summed E-state index contributed by atoms with van der Waals surface area (Å²) in [5.41, 5.74) is -0.931. The largest absolute Gasteiger partial charge is 0.374 e. The third kappa shape index (κ3) is 3.69. The average molecular weight is 253 g/mol. The molecule has 0 radical (unpaired) electrons. The van der Waals surface area contributed by atoms with Crippen LogP contribution in [0.1, 0.15) is 27.2 Å². The highest BCUT2D eigenvalue weighted by molar-refractivity contribution is 5.84. The summed E-state index contributed by atoms with van der Waals surface area (Å²) in [5, 5.41) is 11.8. The number of hydrogen-bond acceptors (Lipinski definition) is 4. The highest BCUT2D eigenvalue weighted by Gasteiger charge is 2.31. The van der Waals surface area contributed by atoms with Crippen LogP contribution in [-0.2, 0) is 9.53 Å². The van der Waals surface area contributed by atoms with Crippen LogP contribution in [0, 0.1) is 16.7 Å². The van der Waals surface area contributed by atoms with Gasteiger partial charge < -0.3 is 10.1 Å². The zero-order valence-corrected chi connectivity index (χ0v) is 11.5. The number of nitrogens with zero attached hydrogens (tertiary/aromatic N) is 2. The van der Waals surface area contributed by atoms with Gasteiger partial charge in [-0.1, -0.05) is 13.8 Å². The second-order valence-electron chi connectivity index (χ2n) is 4.89. The maximum Gasteiger partial charge on any atom is 0.240 e. The number of likely N-dealkylation sites (N-methyl/N-ethyl adjacent to an activating group) is 1. The Morgan fingerprint density at radius 1 is 1.61 bits per heavy atom. The van der Waals surface area contributed by atoms with Gasteiger partial charge in [-0.2, -0.15) is 5.26 Å². The quantitative estimate of drug-likeness (QED) is 0.785. The van der Waals surface area contributed by atoms with Crippen LogP contribution < -0.4 is 5.32 Å². The molecule has 1 heterocycles. The van der Waals surface area contributed by atoms with Gasteiger partial charge in [0.1, 0.15) is 5.41 Å². The van der Waals surface area contributed by atoms with Gasteiger partial charge in [0.15, 0.2) is 0 Å². The molecule has 0 aromatic heterocycles. The van der Waals surface area contributed by atoms with Gasteiger partial charge in [0.25, 0.3) is 0 Å². The van der Waals surface area contributed by atoms with E-state index in [1.165, 1.54) is 0 Å². The third-order valence-electron chi connectivity index (χ3n) is 3.62. The minimum atomic E-state index is -0.931. The van der Waals surface area contributed by atoms with Gasteiger partial charge >= 0.3 is 0 Å². The smallest absolute Gasteiger partial charge is 0.240 e. The molecule has 1 fully saturated rings. The predicted octanol–water partition coefficient (Wildman–Crippen LogP) is 0.763. The number of rotatable bonds is 5. The normalized spacial score (nSPS) is 24.0. The number of ether oxygens (including phenoxy) is 1. The van der Waals surface area contributed by atoms with Crippen LogP contribution >= 0.6 is 0 Å². The van der Waals surface area contributed by atoms with E-state index in [4.69, 9.17) is 10.00 Å². The molecule has 1 N–H and O–H groups in total. The Kier molecular flexibility index (Phi) is 5.57. The van der Waals surface area contributed by atoms with Crippen molar-refractivity contribution in [1.82, 2.24) is 10.2 Å². The topological polar surface area (TPSA) is 65.4 Å². The van der Waals surface area contributed by atoms with E-state index in [0.29, 0.717) is 19.6 Å². The van der Waals surface area contributed by atoms with Crippen molar-refractivity contribution in [2.24, 2.45) is 5.41 Å². The number of morpholine rings is 1. The number of carbonyl (C=O) groups excluding carboxylic acids is 1. The van der Waals surface area contributed by atoms with Crippen molar-refractivity contribution in [3.63, 3.8) is 0 Å². The molecule has 0 aromatic carbocycles. The summed E-state index contributed by atoms with van der Waals surface area (Å²) in [6.07, 6.45) is 0.546. The fourth-order valence-electron chi connectivity index (χ4n) is 1.88. The van der Waals surface area contributed by atoms with Crippen LogP contribution in [0.3, 0.4) is 0 Å². The first-order valence-corrected chi connectivity index (χ1v) is 6.59. The molecule has 0 spiro atoms. The zero-order chi connectivity index (χ0) is 13.6. The number of nitriles is 1. The Hall–Kier alpha value is -1.12. The molecule has 1 aliphatic rings. The summed E-state index contributed by atoms with van der Waals surface area (Å²) in [5.74, 6) is -0.204. The van der Waals surface area contributed by atoms with Gasteiger partial charge in [-0.05, 0) is 19.9 Å². The molecule has 0 bridgehead atoms. The molecule has 5 heteroatoms. The molecule has 1 aliphatic heterocycles. The fourth-order valence-corrected chi connectivity index (χ4v) is 1.88. The van der Waals surface area contributed by atoms with E-state index in [-0.39, 0.29) is 12.0 Å². The Balaban J connectivity index is 2.41. The van der Waals surface area contributed by atoms with Crippen LogP contribution in [0.15, 0.2) is 0 Å². The van der Waals surface area contributed by atoms with E-state index in [1.54, 1.807) is 6.92 Å². The first kappa shape index (κ1) is 14.9. The van der Waals surface area contributed by atoms with E-state index in [1.807, 2.05) is 6.92 Å². The van der Waals surface area contributed by atoms with E-state index in [9.17, 15) is 4.79 Å². The summed E-state index contributed by atoms with van der Waals surface area (Å²) >= 11 is 0. The molecule has 0 saturated carbocycles. The Bertz CT molecular complexity index is 327. The predicted molar refractivity (Wildman–Crippen MR) is 68.9 cm³/mol. The standard InChI is InChI=1S/C13H23N3O2/c1-4-13(3,10-14)12(17)15-8-11-9-16(5-2)6-7-18-11/h11H,4-9H2,1-3H3,(H,15,17). The van der Waals surface area contributed by atoms with Gasteiger partial charge in [-0.25, -0.2) is 0 Å². The lowest BCUT2D eigenvalue weighted by molar-refractivity contribution is -0.128.